The first-order chi connectivity index (χ1) is 26.8. The molecular weight excluding hydrogens is 803 g/mol. The fraction of sp³-hybridized carbons (Fsp3) is 0.182. The van der Waals surface area contributed by atoms with Crippen LogP contribution in [0.4, 0.5) is 8.78 Å². The molecule has 0 aliphatic rings. The van der Waals surface area contributed by atoms with Gasteiger partial charge in [0.05, 0.1) is 13.2 Å². The van der Waals surface area contributed by atoms with Crippen molar-refractivity contribution in [2.45, 2.75) is 11.5 Å². The van der Waals surface area contributed by atoms with Gasteiger partial charge in [0, 0.05) is 68.5 Å². The Morgan fingerprint density at radius 1 is 0.673 bits per heavy atom. The van der Waals surface area contributed by atoms with E-state index in [1.54, 1.807) is 49.8 Å². The van der Waals surface area contributed by atoms with Crippen LogP contribution in [0.1, 0.15) is 42.2 Å². The lowest BCUT2D eigenvalue weighted by Gasteiger charge is -2.08. The normalized spacial score (nSPS) is 11.6. The minimum absolute atomic E-state index is 0.0327. The van der Waals surface area contributed by atoms with Crippen LogP contribution < -0.4 is 10.6 Å². The molecule has 0 saturated carbocycles. The van der Waals surface area contributed by atoms with E-state index in [0.717, 1.165) is 37.7 Å². The topological polar surface area (TPSA) is 76.7 Å². The average Bonchev–Trinajstić information content (AvgIpc) is 3.86. The maximum Gasteiger partial charge on any atom is 0.251 e. The number of carbonyl (C=O) groups is 2. The number of hydrogen-bond acceptors (Lipinski definition) is 6. The molecule has 1 unspecified atom stereocenters. The molecule has 55 heavy (non-hydrogen) atoms. The molecule has 0 spiro atoms. The lowest BCUT2D eigenvalue weighted by atomic mass is 10.0. The molecule has 0 aliphatic carbocycles. The number of thiophene rings is 2. The van der Waals surface area contributed by atoms with Crippen molar-refractivity contribution in [2.75, 3.05) is 40.5 Å². The fourth-order valence-electron chi connectivity index (χ4n) is 6.07. The summed E-state index contributed by atoms with van der Waals surface area (Å²) in [6, 6.07) is 37.0. The van der Waals surface area contributed by atoms with E-state index >= 15 is 4.39 Å². The Hall–Kier alpha value is -4.78. The third-order valence-corrected chi connectivity index (χ3v) is 12.2. The lowest BCUT2D eigenvalue weighted by Crippen LogP contribution is -2.26. The summed E-state index contributed by atoms with van der Waals surface area (Å²) in [5, 5.41) is 8.65. The number of methoxy groups -OCH3 is 2. The second-order valence-electron chi connectivity index (χ2n) is 12.5. The smallest absolute Gasteiger partial charge is 0.251 e. The number of rotatable bonds is 13. The van der Waals surface area contributed by atoms with Crippen LogP contribution in [0.3, 0.4) is 0 Å². The number of hydrogen-bond donors (Lipinski definition) is 2. The van der Waals surface area contributed by atoms with Crippen LogP contribution in [0.15, 0.2) is 121 Å². The highest BCUT2D eigenvalue weighted by molar-refractivity contribution is 9.08. The standard InChI is InChI=1S/C25H21F2NO2S.C19H18BrNO2S/c1-30-13-12-28-25(29)18-8-4-6-16(14-18)19-10-5-7-17-15-22(31-24(17)19)23(27)20-9-2-3-11-21(20)26;1-23-9-8-21-19(22)15-6-2-4-13(10-15)17-7-3-5-14-11-16(12-20)24-18(14)17/h2-11,14-15,23H,12-13H2,1H3,(H,28,29);2-7,10-11H,8-9,12H2,1H3,(H,21,22). The van der Waals surface area contributed by atoms with Gasteiger partial charge in [0.15, 0.2) is 6.17 Å². The Labute approximate surface area is 335 Å². The van der Waals surface area contributed by atoms with Crippen LogP contribution in [-0.4, -0.2) is 52.3 Å². The van der Waals surface area contributed by atoms with Gasteiger partial charge in [0.25, 0.3) is 11.8 Å². The molecule has 7 rings (SSSR count). The molecule has 2 aromatic heterocycles. The zero-order valence-electron chi connectivity index (χ0n) is 30.2. The van der Waals surface area contributed by atoms with E-state index in [2.05, 4.69) is 50.8 Å². The van der Waals surface area contributed by atoms with Crippen LogP contribution in [0.2, 0.25) is 0 Å². The van der Waals surface area contributed by atoms with Crippen LogP contribution in [0, 0.1) is 5.82 Å². The molecular formula is C44H39BrF2N2O4S2. The summed E-state index contributed by atoms with van der Waals surface area (Å²) in [6.45, 7) is 1.89. The molecule has 2 N–H and O–H groups in total. The molecule has 2 amide bonds. The number of amides is 2. The summed E-state index contributed by atoms with van der Waals surface area (Å²) in [5.74, 6) is -0.811. The van der Waals surface area contributed by atoms with Crippen molar-refractivity contribution in [3.8, 4) is 22.3 Å². The van der Waals surface area contributed by atoms with Crippen molar-refractivity contribution in [3.05, 3.63) is 154 Å². The van der Waals surface area contributed by atoms with Crippen molar-refractivity contribution in [3.63, 3.8) is 0 Å². The van der Waals surface area contributed by atoms with Gasteiger partial charge in [-0.2, -0.15) is 0 Å². The van der Waals surface area contributed by atoms with Gasteiger partial charge < -0.3 is 20.1 Å². The first kappa shape index (κ1) is 39.9. The molecule has 11 heteroatoms. The lowest BCUT2D eigenvalue weighted by molar-refractivity contribution is 0.0929. The summed E-state index contributed by atoms with van der Waals surface area (Å²) >= 11 is 6.61. The van der Waals surface area contributed by atoms with E-state index in [4.69, 9.17) is 9.47 Å². The number of halogens is 3. The van der Waals surface area contributed by atoms with E-state index in [1.165, 1.54) is 38.4 Å². The van der Waals surface area contributed by atoms with Gasteiger partial charge in [0.2, 0.25) is 0 Å². The fourth-order valence-corrected chi connectivity index (χ4v) is 8.81. The van der Waals surface area contributed by atoms with Crippen molar-refractivity contribution >= 4 is 70.6 Å². The van der Waals surface area contributed by atoms with E-state index in [9.17, 15) is 14.0 Å². The third kappa shape index (κ3) is 9.73. The van der Waals surface area contributed by atoms with Crippen LogP contribution >= 0.6 is 38.6 Å². The molecule has 5 aromatic carbocycles. The summed E-state index contributed by atoms with van der Waals surface area (Å²) in [6.07, 6.45) is -1.54. The van der Waals surface area contributed by atoms with E-state index in [0.29, 0.717) is 42.3 Å². The molecule has 282 valence electrons. The first-order valence-corrected chi connectivity index (χ1v) is 20.3. The molecule has 0 fully saturated rings. The quantitative estimate of drug-likeness (QED) is 0.0896. The number of nitrogens with one attached hydrogen (secondary N) is 2. The number of fused-ring (bicyclic) bond motifs is 2. The molecule has 0 bridgehead atoms. The van der Waals surface area contributed by atoms with Crippen LogP contribution in [-0.2, 0) is 14.8 Å². The second-order valence-corrected chi connectivity index (χ2v) is 15.3. The zero-order valence-corrected chi connectivity index (χ0v) is 33.5. The van der Waals surface area contributed by atoms with Crippen LogP contribution in [0.5, 0.6) is 0 Å². The highest BCUT2D eigenvalue weighted by Crippen LogP contribution is 2.41. The monoisotopic (exact) mass is 840 g/mol. The minimum Gasteiger partial charge on any atom is -0.383 e. The van der Waals surface area contributed by atoms with Gasteiger partial charge in [-0.3, -0.25) is 9.59 Å². The van der Waals surface area contributed by atoms with Crippen molar-refractivity contribution < 1.29 is 27.8 Å². The number of alkyl halides is 2. The average molecular weight is 842 g/mol. The van der Waals surface area contributed by atoms with Crippen molar-refractivity contribution in [1.29, 1.82) is 0 Å². The summed E-state index contributed by atoms with van der Waals surface area (Å²) in [7, 11) is 3.20. The summed E-state index contributed by atoms with van der Waals surface area (Å²) in [4.78, 5) is 26.4. The Bertz CT molecular complexity index is 2410. The van der Waals surface area contributed by atoms with Gasteiger partial charge in [-0.15, -0.1) is 22.7 Å². The predicted octanol–water partition coefficient (Wildman–Crippen LogP) is 11.0. The van der Waals surface area contributed by atoms with Gasteiger partial charge in [-0.1, -0.05) is 94.8 Å². The number of carbonyl (C=O) groups excluding carboxylic acids is 2. The predicted molar refractivity (Wildman–Crippen MR) is 225 cm³/mol. The van der Waals surface area contributed by atoms with Gasteiger partial charge in [0.1, 0.15) is 5.82 Å². The Morgan fingerprint density at radius 2 is 1.20 bits per heavy atom. The van der Waals surface area contributed by atoms with Gasteiger partial charge in [-0.25, -0.2) is 8.78 Å². The maximum atomic E-state index is 15.1. The Balaban J connectivity index is 0.000000193. The third-order valence-electron chi connectivity index (χ3n) is 8.77. The van der Waals surface area contributed by atoms with Crippen LogP contribution in [0.25, 0.3) is 42.4 Å². The Kier molecular flexibility index (Phi) is 13.9. The minimum atomic E-state index is -1.54. The number of ether oxygens (including phenoxy) is 2. The largest absolute Gasteiger partial charge is 0.383 e. The molecule has 0 aliphatic heterocycles. The molecule has 1 atom stereocenters. The molecule has 7 aromatic rings. The van der Waals surface area contributed by atoms with E-state index in [-0.39, 0.29) is 17.4 Å². The molecule has 2 heterocycles. The highest BCUT2D eigenvalue weighted by Gasteiger charge is 2.20. The van der Waals surface area contributed by atoms with Gasteiger partial charge >= 0.3 is 0 Å². The second kappa shape index (κ2) is 19.2. The number of benzene rings is 5. The summed E-state index contributed by atoms with van der Waals surface area (Å²) in [5.41, 5.74) is 5.22. The van der Waals surface area contributed by atoms with Crippen molar-refractivity contribution in [1.82, 2.24) is 10.6 Å². The summed E-state index contributed by atoms with van der Waals surface area (Å²) < 4.78 is 41.3. The highest BCUT2D eigenvalue weighted by atomic mass is 79.9. The van der Waals surface area contributed by atoms with E-state index in [1.807, 2.05) is 60.7 Å². The SMILES string of the molecule is COCCNC(=O)c1cccc(-c2cccc3cc(C(F)c4ccccc4F)sc23)c1.COCCNC(=O)c1cccc(-c2cccc3cc(CBr)sc23)c1. The molecule has 0 radical (unpaired) electrons. The van der Waals surface area contributed by atoms with E-state index < -0.39 is 12.0 Å². The Morgan fingerprint density at radius 3 is 1.75 bits per heavy atom. The molecule has 6 nitrogen and oxygen atoms in total. The maximum absolute atomic E-state index is 15.1. The van der Waals surface area contributed by atoms with Crippen molar-refractivity contribution in [2.24, 2.45) is 0 Å². The zero-order chi connectivity index (χ0) is 38.7. The molecule has 0 saturated heterocycles. The van der Waals surface area contributed by atoms with Gasteiger partial charge in [-0.05, 0) is 75.5 Å². The first-order valence-electron chi connectivity index (χ1n) is 17.5.